The van der Waals surface area contributed by atoms with E-state index in [-0.39, 0.29) is 6.09 Å². The first-order valence-electron chi connectivity index (χ1n) is 9.24. The smallest absolute Gasteiger partial charge is 0.410 e. The van der Waals surface area contributed by atoms with Gasteiger partial charge in [-0.25, -0.2) is 9.78 Å². The third-order valence-corrected chi connectivity index (χ3v) is 6.05. The molecule has 0 unspecified atom stereocenters. The van der Waals surface area contributed by atoms with Crippen LogP contribution >= 0.6 is 27.3 Å². The molecule has 0 spiro atoms. The molecule has 0 aliphatic carbocycles. The minimum Gasteiger partial charge on any atom is -0.444 e. The average Bonchev–Trinajstić information content (AvgIpc) is 3.12. The van der Waals surface area contributed by atoms with Gasteiger partial charge in [0.15, 0.2) is 0 Å². The topological polar surface area (TPSA) is 59.4 Å². The first-order chi connectivity index (χ1) is 13.3. The summed E-state index contributed by atoms with van der Waals surface area (Å²) in [6, 6.07) is 12.2. The highest BCUT2D eigenvalue weighted by atomic mass is 79.9. The molecule has 1 aliphatic rings. The lowest BCUT2D eigenvalue weighted by Crippen LogP contribution is -2.52. The maximum absolute atomic E-state index is 12.2. The minimum absolute atomic E-state index is 0.235. The zero-order valence-electron chi connectivity index (χ0n) is 16.1. The van der Waals surface area contributed by atoms with Crippen LogP contribution in [0.2, 0.25) is 0 Å². The molecule has 1 fully saturated rings. The summed E-state index contributed by atoms with van der Waals surface area (Å²) in [6.45, 7) is 7.87. The number of thiophene rings is 1. The SMILES string of the molecule is CC(C)(C)OC(=O)N1CC(Cn2c(Nc3ccc(Br)s3)nc3ccccc32)C1. The van der Waals surface area contributed by atoms with E-state index in [0.717, 1.165) is 32.3 Å². The van der Waals surface area contributed by atoms with Crippen LogP contribution in [0.4, 0.5) is 15.7 Å². The van der Waals surface area contributed by atoms with E-state index in [9.17, 15) is 4.79 Å². The molecule has 1 aromatic carbocycles. The van der Waals surface area contributed by atoms with Crippen LogP contribution in [0.15, 0.2) is 40.2 Å². The fraction of sp³-hybridized carbons (Fsp3) is 0.400. The molecule has 0 radical (unpaired) electrons. The lowest BCUT2D eigenvalue weighted by atomic mass is 10.0. The van der Waals surface area contributed by atoms with E-state index in [0.29, 0.717) is 19.0 Å². The predicted molar refractivity (Wildman–Crippen MR) is 116 cm³/mol. The van der Waals surface area contributed by atoms with Gasteiger partial charge in [-0.1, -0.05) is 12.1 Å². The summed E-state index contributed by atoms with van der Waals surface area (Å²) < 4.78 is 8.74. The van der Waals surface area contributed by atoms with E-state index in [1.807, 2.05) is 51.1 Å². The molecule has 1 aliphatic heterocycles. The van der Waals surface area contributed by atoms with Gasteiger partial charge in [0.1, 0.15) is 5.60 Å². The Kier molecular flexibility index (Phi) is 5.09. The second-order valence-corrected chi connectivity index (χ2v) is 10.5. The Balaban J connectivity index is 1.49. The van der Waals surface area contributed by atoms with Crippen LogP contribution in [0.25, 0.3) is 11.0 Å². The second kappa shape index (κ2) is 7.40. The van der Waals surface area contributed by atoms with Gasteiger partial charge in [-0.3, -0.25) is 0 Å². The number of hydrogen-bond donors (Lipinski definition) is 1. The summed E-state index contributed by atoms with van der Waals surface area (Å²) in [7, 11) is 0. The Morgan fingerprint density at radius 2 is 2.04 bits per heavy atom. The van der Waals surface area contributed by atoms with Gasteiger partial charge < -0.3 is 19.5 Å². The molecule has 3 aromatic rings. The number of imidazole rings is 1. The van der Waals surface area contributed by atoms with E-state index in [1.54, 1.807) is 16.2 Å². The van der Waals surface area contributed by atoms with Gasteiger partial charge >= 0.3 is 6.09 Å². The Bertz CT molecular complexity index is 1000. The van der Waals surface area contributed by atoms with E-state index < -0.39 is 5.60 Å². The highest BCUT2D eigenvalue weighted by molar-refractivity contribution is 9.11. The number of amides is 1. The number of benzene rings is 1. The van der Waals surface area contributed by atoms with Crippen molar-refractivity contribution in [1.29, 1.82) is 0 Å². The number of rotatable bonds is 4. The van der Waals surface area contributed by atoms with Crippen LogP contribution < -0.4 is 5.32 Å². The molecule has 6 nitrogen and oxygen atoms in total. The molecule has 148 valence electrons. The summed E-state index contributed by atoms with van der Waals surface area (Å²) in [5.41, 5.74) is 1.59. The number of ether oxygens (including phenoxy) is 1. The summed E-state index contributed by atoms with van der Waals surface area (Å²) >= 11 is 5.13. The number of para-hydroxylation sites is 2. The number of nitrogens with one attached hydrogen (secondary N) is 1. The first-order valence-corrected chi connectivity index (χ1v) is 10.8. The third-order valence-electron chi connectivity index (χ3n) is 4.51. The lowest BCUT2D eigenvalue weighted by molar-refractivity contribution is -0.00308. The molecule has 3 heterocycles. The summed E-state index contributed by atoms with van der Waals surface area (Å²) in [5.74, 6) is 1.20. The second-order valence-electron chi connectivity index (χ2n) is 8.01. The fourth-order valence-electron chi connectivity index (χ4n) is 3.27. The van der Waals surface area contributed by atoms with Crippen LogP contribution in [0.3, 0.4) is 0 Å². The zero-order chi connectivity index (χ0) is 19.9. The number of anilines is 2. The summed E-state index contributed by atoms with van der Waals surface area (Å²) in [6.07, 6.45) is -0.235. The molecule has 0 atom stereocenters. The number of fused-ring (bicyclic) bond motifs is 1. The Morgan fingerprint density at radius 3 is 2.71 bits per heavy atom. The molecule has 4 rings (SSSR count). The lowest BCUT2D eigenvalue weighted by Gasteiger charge is -2.40. The normalized spacial score (nSPS) is 14.9. The molecular weight excluding hydrogens is 440 g/mol. The van der Waals surface area contributed by atoms with Crippen molar-refractivity contribution >= 4 is 55.3 Å². The largest absolute Gasteiger partial charge is 0.444 e. The van der Waals surface area contributed by atoms with Gasteiger partial charge in [-0.05, 0) is 61.0 Å². The molecule has 28 heavy (non-hydrogen) atoms. The molecule has 1 N–H and O–H groups in total. The van der Waals surface area contributed by atoms with Crippen LogP contribution in [0.1, 0.15) is 20.8 Å². The number of nitrogens with zero attached hydrogens (tertiary/aromatic N) is 3. The Labute approximate surface area is 176 Å². The first kappa shape index (κ1) is 19.3. The van der Waals surface area contributed by atoms with Crippen molar-refractivity contribution in [2.24, 2.45) is 5.92 Å². The molecule has 1 saturated heterocycles. The van der Waals surface area contributed by atoms with E-state index in [2.05, 4.69) is 31.9 Å². The number of carbonyl (C=O) groups is 1. The third kappa shape index (κ3) is 4.17. The van der Waals surface area contributed by atoms with E-state index in [1.165, 1.54) is 0 Å². The maximum atomic E-state index is 12.2. The number of carbonyl (C=O) groups excluding carboxylic acids is 1. The fourth-order valence-corrected chi connectivity index (χ4v) is 4.55. The van der Waals surface area contributed by atoms with Crippen molar-refractivity contribution in [3.05, 3.63) is 40.2 Å². The van der Waals surface area contributed by atoms with Crippen LogP contribution in [-0.4, -0.2) is 39.2 Å². The quantitative estimate of drug-likeness (QED) is 0.558. The molecule has 1 amide bonds. The van der Waals surface area contributed by atoms with E-state index in [4.69, 9.17) is 9.72 Å². The van der Waals surface area contributed by atoms with Crippen molar-refractivity contribution in [2.75, 3.05) is 18.4 Å². The molecule has 2 aromatic heterocycles. The zero-order valence-corrected chi connectivity index (χ0v) is 18.5. The van der Waals surface area contributed by atoms with Crippen molar-refractivity contribution < 1.29 is 9.53 Å². The van der Waals surface area contributed by atoms with Crippen molar-refractivity contribution in [3.63, 3.8) is 0 Å². The van der Waals surface area contributed by atoms with Crippen molar-refractivity contribution in [3.8, 4) is 0 Å². The highest BCUT2D eigenvalue weighted by Gasteiger charge is 2.34. The van der Waals surface area contributed by atoms with Crippen LogP contribution in [0, 0.1) is 5.92 Å². The summed E-state index contributed by atoms with van der Waals surface area (Å²) in [4.78, 5) is 18.7. The highest BCUT2D eigenvalue weighted by Crippen LogP contribution is 2.31. The Morgan fingerprint density at radius 1 is 1.29 bits per heavy atom. The van der Waals surface area contributed by atoms with Crippen molar-refractivity contribution in [2.45, 2.75) is 32.9 Å². The van der Waals surface area contributed by atoms with Gasteiger partial charge in [0.25, 0.3) is 0 Å². The van der Waals surface area contributed by atoms with Crippen LogP contribution in [0.5, 0.6) is 0 Å². The average molecular weight is 463 g/mol. The van der Waals surface area contributed by atoms with Crippen LogP contribution in [-0.2, 0) is 11.3 Å². The number of aromatic nitrogens is 2. The van der Waals surface area contributed by atoms with Gasteiger partial charge in [-0.15, -0.1) is 11.3 Å². The molecule has 0 saturated carbocycles. The maximum Gasteiger partial charge on any atom is 0.410 e. The van der Waals surface area contributed by atoms with Gasteiger partial charge in [-0.2, -0.15) is 0 Å². The predicted octanol–water partition coefficient (Wildman–Crippen LogP) is 5.47. The monoisotopic (exact) mass is 462 g/mol. The number of hydrogen-bond acceptors (Lipinski definition) is 5. The molecule has 8 heteroatoms. The van der Waals surface area contributed by atoms with Gasteiger partial charge in [0.05, 0.1) is 19.8 Å². The number of likely N-dealkylation sites (tertiary alicyclic amines) is 1. The standard InChI is InChI=1S/C20H23BrN4O2S/c1-20(2,3)27-19(26)24-10-13(11-24)12-25-15-7-5-4-6-14(15)22-18(25)23-17-9-8-16(21)28-17/h4-9,13H,10-12H2,1-3H3,(H,22,23). The van der Waals surface area contributed by atoms with E-state index >= 15 is 0 Å². The molecule has 0 bridgehead atoms. The van der Waals surface area contributed by atoms with Crippen molar-refractivity contribution in [1.82, 2.24) is 14.5 Å². The minimum atomic E-state index is -0.464. The molecular formula is C20H23BrN4O2S. The summed E-state index contributed by atoms with van der Waals surface area (Å²) in [5, 5.41) is 4.47. The van der Waals surface area contributed by atoms with Gasteiger partial charge in [0.2, 0.25) is 5.95 Å². The number of halogens is 1. The Hall–Kier alpha value is -2.06. The van der Waals surface area contributed by atoms with Gasteiger partial charge in [0, 0.05) is 25.6 Å².